The first-order chi connectivity index (χ1) is 15.4. The van der Waals surface area contributed by atoms with Crippen LogP contribution in [0.2, 0.25) is 0 Å². The summed E-state index contributed by atoms with van der Waals surface area (Å²) >= 11 is 0. The topological polar surface area (TPSA) is 65.0 Å². The number of hydrogen-bond acceptors (Lipinski definition) is 5. The first-order valence-corrected chi connectivity index (χ1v) is 11.7. The maximum atomic E-state index is 12.3. The van der Waals surface area contributed by atoms with Gasteiger partial charge in [0.15, 0.2) is 0 Å². The summed E-state index contributed by atoms with van der Waals surface area (Å²) < 4.78 is 16.7. The Morgan fingerprint density at radius 1 is 0.875 bits per heavy atom. The molecule has 0 saturated heterocycles. The van der Waals surface area contributed by atoms with E-state index in [9.17, 15) is 9.90 Å². The van der Waals surface area contributed by atoms with Crippen LogP contribution >= 0.6 is 0 Å². The molecule has 0 aliphatic carbocycles. The van der Waals surface area contributed by atoms with Gasteiger partial charge in [-0.1, -0.05) is 52.0 Å². The highest BCUT2D eigenvalue weighted by Gasteiger charge is 2.30. The van der Waals surface area contributed by atoms with Gasteiger partial charge in [-0.2, -0.15) is 0 Å². The van der Waals surface area contributed by atoms with Crippen molar-refractivity contribution in [1.82, 2.24) is 0 Å². The van der Waals surface area contributed by atoms with Crippen molar-refractivity contribution in [2.45, 2.75) is 71.3 Å². The number of carbonyl (C=O) groups is 1. The molecule has 0 aliphatic rings. The lowest BCUT2D eigenvalue weighted by atomic mass is 9.73. The average molecular weight is 443 g/mol. The van der Waals surface area contributed by atoms with Crippen molar-refractivity contribution in [1.29, 1.82) is 0 Å². The van der Waals surface area contributed by atoms with Crippen LogP contribution in [-0.2, 0) is 14.9 Å². The third-order valence-corrected chi connectivity index (χ3v) is 5.67. The molecule has 0 radical (unpaired) electrons. The monoisotopic (exact) mass is 442 g/mol. The highest BCUT2D eigenvalue weighted by Crippen LogP contribution is 2.38. The van der Waals surface area contributed by atoms with E-state index in [2.05, 4.69) is 45.0 Å². The molecule has 0 spiro atoms. The van der Waals surface area contributed by atoms with E-state index in [-0.39, 0.29) is 19.0 Å². The second kappa shape index (κ2) is 13.1. The first-order valence-electron chi connectivity index (χ1n) is 11.7. The standard InChI is InChI=1S/C27H38O5/c1-5-18-30-24-12-8-21(9-13-24)27(4,17-16-26(29)32-20-23(28)7-3)22-10-14-25(15-11-22)31-19-6-2/h8-15,23,28H,5-7,16-20H2,1-4H3. The Morgan fingerprint density at radius 3 is 1.75 bits per heavy atom. The maximum absolute atomic E-state index is 12.3. The first kappa shape index (κ1) is 25.7. The maximum Gasteiger partial charge on any atom is 0.305 e. The number of carbonyl (C=O) groups excluding carboxylic acids is 1. The van der Waals surface area contributed by atoms with Gasteiger partial charge < -0.3 is 19.3 Å². The quantitative estimate of drug-likeness (QED) is 0.382. The molecule has 1 unspecified atom stereocenters. The smallest absolute Gasteiger partial charge is 0.305 e. The molecule has 32 heavy (non-hydrogen) atoms. The Hall–Kier alpha value is -2.53. The molecule has 0 bridgehead atoms. The fraction of sp³-hybridized carbons (Fsp3) is 0.519. The predicted molar refractivity (Wildman–Crippen MR) is 127 cm³/mol. The van der Waals surface area contributed by atoms with Gasteiger partial charge in [-0.05, 0) is 61.1 Å². The summed E-state index contributed by atoms with van der Waals surface area (Å²) in [5.74, 6) is 1.39. The van der Waals surface area contributed by atoms with E-state index in [0.29, 0.717) is 26.1 Å². The van der Waals surface area contributed by atoms with E-state index in [4.69, 9.17) is 14.2 Å². The molecule has 1 N–H and O–H groups in total. The Labute approximate surface area is 192 Å². The number of ether oxygens (including phenoxy) is 3. The van der Waals surface area contributed by atoms with Crippen molar-refractivity contribution in [2.24, 2.45) is 0 Å². The Morgan fingerprint density at radius 2 is 1.34 bits per heavy atom. The van der Waals surface area contributed by atoms with E-state index in [0.717, 1.165) is 35.5 Å². The molecule has 2 aromatic rings. The SMILES string of the molecule is CCCOc1ccc(C(C)(CCC(=O)OCC(O)CC)c2ccc(OCCC)cc2)cc1. The molecular formula is C27H38O5. The third-order valence-electron chi connectivity index (χ3n) is 5.67. The van der Waals surface area contributed by atoms with Crippen molar-refractivity contribution in [3.8, 4) is 11.5 Å². The molecule has 0 aromatic heterocycles. The molecule has 0 amide bonds. The number of aliphatic hydroxyl groups is 1. The van der Waals surface area contributed by atoms with Crippen LogP contribution < -0.4 is 9.47 Å². The van der Waals surface area contributed by atoms with E-state index in [1.165, 1.54) is 0 Å². The van der Waals surface area contributed by atoms with Gasteiger partial charge in [0.1, 0.15) is 18.1 Å². The molecular weight excluding hydrogens is 404 g/mol. The molecule has 2 aromatic carbocycles. The molecule has 5 heteroatoms. The van der Waals surface area contributed by atoms with Gasteiger partial charge in [-0.15, -0.1) is 0 Å². The number of esters is 1. The lowest BCUT2D eigenvalue weighted by Gasteiger charge is -2.31. The lowest BCUT2D eigenvalue weighted by Crippen LogP contribution is -2.26. The van der Waals surface area contributed by atoms with Crippen LogP contribution in [0.5, 0.6) is 11.5 Å². The number of rotatable bonds is 14. The van der Waals surface area contributed by atoms with E-state index in [1.807, 2.05) is 31.2 Å². The van der Waals surface area contributed by atoms with E-state index in [1.54, 1.807) is 0 Å². The summed E-state index contributed by atoms with van der Waals surface area (Å²) in [5.41, 5.74) is 1.81. The summed E-state index contributed by atoms with van der Waals surface area (Å²) in [5, 5.41) is 9.67. The molecule has 0 heterocycles. The molecule has 176 valence electrons. The molecule has 0 aliphatic heterocycles. The Kier molecular flexibility index (Phi) is 10.5. The number of hydrogen-bond donors (Lipinski definition) is 1. The van der Waals surface area contributed by atoms with Gasteiger partial charge in [0, 0.05) is 11.8 Å². The molecule has 1 atom stereocenters. The minimum Gasteiger partial charge on any atom is -0.494 e. The Bertz CT molecular complexity index is 746. The zero-order valence-corrected chi connectivity index (χ0v) is 19.9. The summed E-state index contributed by atoms with van der Waals surface area (Å²) in [6, 6.07) is 16.2. The van der Waals surface area contributed by atoms with Crippen LogP contribution in [0.3, 0.4) is 0 Å². The second-order valence-electron chi connectivity index (χ2n) is 8.32. The molecule has 2 rings (SSSR count). The number of benzene rings is 2. The van der Waals surface area contributed by atoms with Crippen molar-refractivity contribution in [3.63, 3.8) is 0 Å². The van der Waals surface area contributed by atoms with Crippen molar-refractivity contribution in [3.05, 3.63) is 59.7 Å². The molecule has 5 nitrogen and oxygen atoms in total. The van der Waals surface area contributed by atoms with Crippen molar-refractivity contribution < 1.29 is 24.1 Å². The highest BCUT2D eigenvalue weighted by molar-refractivity contribution is 5.69. The minimum atomic E-state index is -0.614. The molecule has 0 saturated carbocycles. The fourth-order valence-corrected chi connectivity index (χ4v) is 3.46. The van der Waals surface area contributed by atoms with Gasteiger partial charge in [0.2, 0.25) is 0 Å². The highest BCUT2D eigenvalue weighted by atomic mass is 16.5. The van der Waals surface area contributed by atoms with Crippen LogP contribution in [-0.4, -0.2) is 37.0 Å². The van der Waals surface area contributed by atoms with Gasteiger partial charge in [-0.25, -0.2) is 0 Å². The Balaban J connectivity index is 2.22. The normalized spacial score (nSPS) is 12.3. The summed E-state index contributed by atoms with van der Waals surface area (Å²) in [7, 11) is 0. The summed E-state index contributed by atoms with van der Waals surface area (Å²) in [6.07, 6.45) is 2.70. The van der Waals surface area contributed by atoms with Crippen LogP contribution in [0, 0.1) is 0 Å². The minimum absolute atomic E-state index is 0.0407. The zero-order valence-electron chi connectivity index (χ0n) is 19.9. The van der Waals surface area contributed by atoms with Crippen LogP contribution in [0.4, 0.5) is 0 Å². The van der Waals surface area contributed by atoms with Crippen LogP contribution in [0.15, 0.2) is 48.5 Å². The van der Waals surface area contributed by atoms with Gasteiger partial charge in [0.05, 0.1) is 19.3 Å². The zero-order chi connectivity index (χ0) is 23.4. The number of aliphatic hydroxyl groups excluding tert-OH is 1. The lowest BCUT2D eigenvalue weighted by molar-refractivity contribution is -0.147. The largest absolute Gasteiger partial charge is 0.494 e. The van der Waals surface area contributed by atoms with Gasteiger partial charge in [0.25, 0.3) is 0 Å². The van der Waals surface area contributed by atoms with E-state index >= 15 is 0 Å². The average Bonchev–Trinajstić information content (AvgIpc) is 2.83. The van der Waals surface area contributed by atoms with Gasteiger partial charge in [-0.3, -0.25) is 4.79 Å². The third kappa shape index (κ3) is 7.56. The van der Waals surface area contributed by atoms with E-state index < -0.39 is 11.5 Å². The van der Waals surface area contributed by atoms with Crippen molar-refractivity contribution >= 4 is 5.97 Å². The van der Waals surface area contributed by atoms with Crippen LogP contribution in [0.25, 0.3) is 0 Å². The van der Waals surface area contributed by atoms with Gasteiger partial charge >= 0.3 is 5.97 Å². The second-order valence-corrected chi connectivity index (χ2v) is 8.32. The summed E-state index contributed by atoms with van der Waals surface area (Å²) in [6.45, 7) is 9.58. The summed E-state index contributed by atoms with van der Waals surface area (Å²) in [4.78, 5) is 12.3. The van der Waals surface area contributed by atoms with Crippen molar-refractivity contribution in [2.75, 3.05) is 19.8 Å². The molecule has 0 fully saturated rings. The van der Waals surface area contributed by atoms with Crippen LogP contribution in [0.1, 0.15) is 70.9 Å². The predicted octanol–water partition coefficient (Wildman–Crippen LogP) is 5.66. The fourth-order valence-electron chi connectivity index (χ4n) is 3.46.